The largest absolute Gasteiger partial charge is 0.508 e. The molecule has 0 saturated heterocycles. The molecule has 0 aromatic heterocycles. The lowest BCUT2D eigenvalue weighted by atomic mass is 9.85. The molecule has 9 N–H and O–H groups in total. The number of aryl methyl sites for hydroxylation is 1. The van der Waals surface area contributed by atoms with Crippen molar-refractivity contribution in [2.45, 2.75) is 115 Å². The van der Waals surface area contributed by atoms with Crippen LogP contribution in [-0.4, -0.2) is 67.4 Å². The first kappa shape index (κ1) is 38.1. The van der Waals surface area contributed by atoms with Crippen molar-refractivity contribution in [1.82, 2.24) is 4.90 Å². The van der Waals surface area contributed by atoms with Gasteiger partial charge in [-0.15, -0.1) is 0 Å². The normalized spacial score (nSPS) is 19.8. The highest BCUT2D eigenvalue weighted by Gasteiger charge is 2.32. The van der Waals surface area contributed by atoms with Crippen molar-refractivity contribution in [3.8, 4) is 29.1 Å². The van der Waals surface area contributed by atoms with Gasteiger partial charge in [0.2, 0.25) is 0 Å². The molecule has 3 heterocycles. The second kappa shape index (κ2) is 17.4. The Morgan fingerprint density at radius 2 is 1.88 bits per heavy atom. The average molecular weight is 701 g/mol. The molecule has 0 unspecified atom stereocenters. The van der Waals surface area contributed by atoms with Crippen LogP contribution >= 0.6 is 0 Å². The molecule has 0 spiro atoms. The van der Waals surface area contributed by atoms with Gasteiger partial charge in [-0.25, -0.2) is 0 Å². The van der Waals surface area contributed by atoms with Crippen molar-refractivity contribution in [2.24, 2.45) is 22.4 Å². The molecule has 0 amide bonds. The summed E-state index contributed by atoms with van der Waals surface area (Å²) in [6.45, 7) is 4.53. The number of aliphatic hydroxyl groups is 3. The Morgan fingerprint density at radius 1 is 1.08 bits per heavy atom. The van der Waals surface area contributed by atoms with Crippen LogP contribution < -0.4 is 16.2 Å². The number of benzene rings is 2. The van der Waals surface area contributed by atoms with E-state index in [0.717, 1.165) is 53.7 Å². The third-order valence-corrected chi connectivity index (χ3v) is 9.99. The van der Waals surface area contributed by atoms with Gasteiger partial charge in [0.1, 0.15) is 17.6 Å². The number of aromatic hydroxyl groups is 2. The van der Waals surface area contributed by atoms with Crippen LogP contribution in [0, 0.1) is 17.8 Å². The molecule has 5 rings (SSSR count). The molecule has 0 radical (unpaired) electrons. The molecule has 274 valence electrons. The van der Waals surface area contributed by atoms with Gasteiger partial charge >= 0.3 is 0 Å². The maximum absolute atomic E-state index is 13.5. The minimum Gasteiger partial charge on any atom is -0.508 e. The van der Waals surface area contributed by atoms with Gasteiger partial charge in [0, 0.05) is 42.9 Å². The lowest BCUT2D eigenvalue weighted by molar-refractivity contribution is -0.127. The number of unbranched alkanes of at least 4 members (excludes halogenated alkanes) is 2. The number of aliphatic hydroxyl groups excluding tert-OH is 3. The van der Waals surface area contributed by atoms with Gasteiger partial charge in [-0.05, 0) is 66.0 Å². The predicted molar refractivity (Wildman–Crippen MR) is 196 cm³/mol. The van der Waals surface area contributed by atoms with Gasteiger partial charge in [-0.2, -0.15) is 0 Å². The lowest BCUT2D eigenvalue weighted by Crippen LogP contribution is -2.35. The number of carbonyl (C=O) groups excluding carboxylic acids is 1. The first-order valence-corrected chi connectivity index (χ1v) is 18.1. The fourth-order valence-corrected chi connectivity index (χ4v) is 7.05. The smallest absolute Gasteiger partial charge is 0.183 e. The second-order valence-corrected chi connectivity index (χ2v) is 13.9. The fourth-order valence-electron chi connectivity index (χ4n) is 7.05. The number of rotatable bonds is 16. The van der Waals surface area contributed by atoms with E-state index in [1.807, 2.05) is 30.3 Å². The van der Waals surface area contributed by atoms with E-state index < -0.39 is 36.6 Å². The Balaban J connectivity index is 1.35. The van der Waals surface area contributed by atoms with E-state index in [4.69, 9.17) is 16.2 Å². The number of phenols is 2. The van der Waals surface area contributed by atoms with Crippen molar-refractivity contribution in [3.63, 3.8) is 0 Å². The van der Waals surface area contributed by atoms with Gasteiger partial charge in [-0.1, -0.05) is 69.6 Å². The molecule has 11 nitrogen and oxygen atoms in total. The molecule has 0 fully saturated rings. The molecule has 11 heteroatoms. The van der Waals surface area contributed by atoms with Crippen LogP contribution in [0.5, 0.6) is 17.2 Å². The number of fused-ring (bicyclic) bond motifs is 2. The maximum atomic E-state index is 13.5. The predicted octanol–water partition coefficient (Wildman–Crippen LogP) is 4.55. The summed E-state index contributed by atoms with van der Waals surface area (Å²) in [7, 11) is 0. The van der Waals surface area contributed by atoms with Gasteiger partial charge in [0.15, 0.2) is 17.7 Å². The third kappa shape index (κ3) is 9.39. The highest BCUT2D eigenvalue weighted by molar-refractivity contribution is 5.87. The summed E-state index contributed by atoms with van der Waals surface area (Å²) in [5, 5.41) is 54.0. The number of allylic oxidation sites excluding steroid dienone is 1. The Morgan fingerprint density at radius 3 is 2.63 bits per heavy atom. The van der Waals surface area contributed by atoms with E-state index in [1.165, 1.54) is 12.1 Å². The number of ether oxygens (including phenoxy) is 1. The van der Waals surface area contributed by atoms with Crippen LogP contribution in [0.4, 0.5) is 0 Å². The third-order valence-electron chi connectivity index (χ3n) is 9.99. The number of hydrogen-bond acceptors (Lipinski definition) is 11. The lowest BCUT2D eigenvalue weighted by Gasteiger charge is -2.28. The zero-order valence-electron chi connectivity index (χ0n) is 29.6. The standard InChI is InChI=1S/C40H52N4O7/c1-3-5-6-9-30(36(49)19-28(45)8-4-2)34(47)15-13-24-18-38(37(50)20-35(24)48)51-39-11-7-10-33(46)29-14-12-25(40(41)42)16-26(29)17-27-21-43-32-23-44(39)22-31(27)32/h12,14,16,18,20-21,23,28,30,33,36,39-40,45-46,48-50H,3-6,8-9,11,13,15,17,19,22,41-42H2,1-2H3/t28-,30-,33+,36-,39-/m1/s1. The Hall–Kier alpha value is -4.18. The van der Waals surface area contributed by atoms with Gasteiger partial charge < -0.3 is 46.6 Å². The molecule has 2 aromatic carbocycles. The van der Waals surface area contributed by atoms with Crippen molar-refractivity contribution in [3.05, 3.63) is 75.6 Å². The average Bonchev–Trinajstić information content (AvgIpc) is 3.68. The van der Waals surface area contributed by atoms with Crippen LogP contribution in [0.25, 0.3) is 0 Å². The van der Waals surface area contributed by atoms with Gasteiger partial charge in [-0.3, -0.25) is 9.79 Å². The maximum Gasteiger partial charge on any atom is 0.183 e. The highest BCUT2D eigenvalue weighted by atomic mass is 16.5. The molecular formula is C40H52N4O7. The van der Waals surface area contributed by atoms with Crippen molar-refractivity contribution < 1.29 is 35.1 Å². The Labute approximate surface area is 300 Å². The molecule has 0 aliphatic carbocycles. The minimum atomic E-state index is -1.07. The van der Waals surface area contributed by atoms with Crippen LogP contribution in [-0.2, 0) is 17.6 Å². The second-order valence-electron chi connectivity index (χ2n) is 13.9. The number of carbonyl (C=O) groups is 1. The number of Topliss-reactive ketones (excluding diaryl/α,β-unsaturated/α-hetero) is 1. The highest BCUT2D eigenvalue weighted by Crippen LogP contribution is 2.38. The number of phenolic OH excluding ortho intramolecular Hbond substituents is 2. The van der Waals surface area contributed by atoms with E-state index >= 15 is 0 Å². The van der Waals surface area contributed by atoms with Gasteiger partial charge in [0.05, 0.1) is 30.5 Å². The molecule has 2 bridgehead atoms. The minimum absolute atomic E-state index is 0.0651. The number of ketones is 1. The summed E-state index contributed by atoms with van der Waals surface area (Å²) >= 11 is 0. The summed E-state index contributed by atoms with van der Waals surface area (Å²) in [6, 6.07) is 8.24. The van der Waals surface area contributed by atoms with Crippen molar-refractivity contribution >= 4 is 12.0 Å². The first-order chi connectivity index (χ1) is 24.5. The van der Waals surface area contributed by atoms with Crippen LogP contribution in [0.3, 0.4) is 0 Å². The molecule has 3 aliphatic heterocycles. The molecule has 51 heavy (non-hydrogen) atoms. The molecule has 5 atom stereocenters. The van der Waals surface area contributed by atoms with E-state index in [2.05, 4.69) is 23.8 Å². The van der Waals surface area contributed by atoms with Gasteiger partial charge in [0.25, 0.3) is 0 Å². The van der Waals surface area contributed by atoms with Crippen molar-refractivity contribution in [2.75, 3.05) is 6.54 Å². The summed E-state index contributed by atoms with van der Waals surface area (Å²) in [5.41, 5.74) is 17.4. The number of hydrogen-bond donors (Lipinski definition) is 7. The number of aliphatic imine (C=N–C) groups is 1. The Kier molecular flexibility index (Phi) is 13.0. The number of nitrogens with two attached hydrogens (primary N) is 2. The zero-order valence-corrected chi connectivity index (χ0v) is 29.6. The van der Waals surface area contributed by atoms with E-state index in [1.54, 1.807) is 12.1 Å². The zero-order chi connectivity index (χ0) is 36.7. The topological polar surface area (TPSA) is 195 Å². The fraction of sp³-hybridized carbons (Fsp3) is 0.500. The van der Waals surface area contributed by atoms with Crippen LogP contribution in [0.15, 0.2) is 58.4 Å². The Bertz CT molecular complexity index is 1720. The summed E-state index contributed by atoms with van der Waals surface area (Å²) in [6.07, 6.45) is 5.33. The quantitative estimate of drug-likeness (QED) is 0.0742. The van der Waals surface area contributed by atoms with E-state index in [0.29, 0.717) is 36.9 Å². The summed E-state index contributed by atoms with van der Waals surface area (Å²) in [5.74, 6) is 4.93. The van der Waals surface area contributed by atoms with E-state index in [9.17, 15) is 30.3 Å². The first-order valence-electron chi connectivity index (χ1n) is 18.1. The molecule has 2 aromatic rings. The molecule has 0 saturated carbocycles. The van der Waals surface area contributed by atoms with Crippen molar-refractivity contribution in [1.29, 1.82) is 0 Å². The molecular weight excluding hydrogens is 648 g/mol. The summed E-state index contributed by atoms with van der Waals surface area (Å²) < 4.78 is 6.38. The van der Waals surface area contributed by atoms with Crippen LogP contribution in [0.2, 0.25) is 0 Å². The monoisotopic (exact) mass is 700 g/mol. The van der Waals surface area contributed by atoms with Crippen LogP contribution in [0.1, 0.15) is 106 Å². The number of nitrogens with zero attached hydrogens (tertiary/aromatic N) is 2. The van der Waals surface area contributed by atoms with E-state index in [-0.39, 0.29) is 48.7 Å². The SMILES string of the molecule is CCCCC[C@H](C(=O)CCc1cc(O[C@@H]2CC#C[C@H](O)c3ccc(C(N)N)cc3CC3=C4CN2C=C4N=C3)c(O)cc1O)[C@H](O)C[C@H](O)CCC. The molecule has 3 aliphatic rings. The summed E-state index contributed by atoms with van der Waals surface area (Å²) in [4.78, 5) is 20.1.